The van der Waals surface area contributed by atoms with Gasteiger partial charge >= 0.3 is 5.97 Å². The van der Waals surface area contributed by atoms with Gasteiger partial charge in [0.2, 0.25) is 0 Å². The van der Waals surface area contributed by atoms with E-state index in [1.807, 2.05) is 38.1 Å². The van der Waals surface area contributed by atoms with Crippen molar-refractivity contribution >= 4 is 32.6 Å². The van der Waals surface area contributed by atoms with E-state index in [0.717, 1.165) is 11.3 Å². The summed E-state index contributed by atoms with van der Waals surface area (Å²) in [6, 6.07) is 6.99. The highest BCUT2D eigenvalue weighted by Gasteiger charge is 2.34. The summed E-state index contributed by atoms with van der Waals surface area (Å²) in [7, 11) is -3.10. The quantitative estimate of drug-likeness (QED) is 0.668. The molecule has 0 N–H and O–H groups in total. The van der Waals surface area contributed by atoms with Gasteiger partial charge in [-0.3, -0.25) is 9.78 Å². The molecular weight excluding hydrogens is 392 g/mol. The van der Waals surface area contributed by atoms with Crippen LogP contribution in [0.25, 0.3) is 10.9 Å². The van der Waals surface area contributed by atoms with E-state index in [4.69, 9.17) is 4.74 Å². The summed E-state index contributed by atoms with van der Waals surface area (Å²) in [6.45, 7) is 5.54. The molecule has 0 radical (unpaired) electrons. The van der Waals surface area contributed by atoms with Crippen molar-refractivity contribution in [1.29, 1.82) is 0 Å². The van der Waals surface area contributed by atoms with E-state index in [2.05, 4.69) is 4.98 Å². The van der Waals surface area contributed by atoms with Crippen molar-refractivity contribution in [2.75, 3.05) is 24.7 Å². The number of hydrogen-bond acceptors (Lipinski definition) is 6. The molecule has 1 saturated heterocycles. The smallest absolute Gasteiger partial charge is 0.339 e. The average Bonchev–Trinajstić information content (AvgIpc) is 3.05. The minimum absolute atomic E-state index is 0.0332. The van der Waals surface area contributed by atoms with Gasteiger partial charge in [0.1, 0.15) is 0 Å². The number of likely N-dealkylation sites (N-methyl/N-ethyl adjacent to an activating group) is 1. The zero-order valence-electron chi connectivity index (χ0n) is 17.0. The number of fused-ring (bicyclic) bond motifs is 1. The van der Waals surface area contributed by atoms with Gasteiger partial charge < -0.3 is 9.64 Å². The van der Waals surface area contributed by atoms with Gasteiger partial charge in [0.15, 0.2) is 16.4 Å². The molecule has 0 bridgehead atoms. The summed E-state index contributed by atoms with van der Waals surface area (Å²) >= 11 is 0. The van der Waals surface area contributed by atoms with Crippen LogP contribution >= 0.6 is 0 Å². The molecule has 1 aromatic carbocycles. The molecule has 8 heteroatoms. The van der Waals surface area contributed by atoms with Crippen LogP contribution in [-0.2, 0) is 25.8 Å². The number of pyridine rings is 1. The Labute approximate surface area is 171 Å². The minimum atomic E-state index is -3.10. The Balaban J connectivity index is 1.79. The number of benzene rings is 1. The van der Waals surface area contributed by atoms with Crippen molar-refractivity contribution in [1.82, 2.24) is 9.88 Å². The van der Waals surface area contributed by atoms with E-state index in [1.54, 1.807) is 6.92 Å². The molecule has 7 nitrogen and oxygen atoms in total. The maximum atomic E-state index is 12.9. The number of nitrogens with zero attached hydrogens (tertiary/aromatic N) is 2. The number of sulfone groups is 1. The van der Waals surface area contributed by atoms with Crippen LogP contribution in [0.1, 0.15) is 41.9 Å². The molecule has 0 spiro atoms. The molecule has 0 saturated carbocycles. The molecule has 156 valence electrons. The van der Waals surface area contributed by atoms with Crippen LogP contribution in [-0.4, -0.2) is 60.9 Å². The van der Waals surface area contributed by atoms with Crippen molar-refractivity contribution in [3.63, 3.8) is 0 Å². The zero-order valence-corrected chi connectivity index (χ0v) is 17.8. The fourth-order valence-corrected chi connectivity index (χ4v) is 5.64. The summed E-state index contributed by atoms with van der Waals surface area (Å²) in [5.41, 5.74) is 2.69. The summed E-state index contributed by atoms with van der Waals surface area (Å²) in [4.78, 5) is 31.6. The Morgan fingerprint density at radius 3 is 2.59 bits per heavy atom. The van der Waals surface area contributed by atoms with Crippen molar-refractivity contribution in [3.8, 4) is 0 Å². The predicted molar refractivity (Wildman–Crippen MR) is 111 cm³/mol. The van der Waals surface area contributed by atoms with Gasteiger partial charge in [-0.15, -0.1) is 0 Å². The molecular formula is C21H26N2O5S. The Hall–Kier alpha value is -2.48. The molecule has 3 rings (SSSR count). The first kappa shape index (κ1) is 21.2. The van der Waals surface area contributed by atoms with Crippen LogP contribution in [0.15, 0.2) is 24.3 Å². The van der Waals surface area contributed by atoms with Crippen LogP contribution in [0, 0.1) is 6.92 Å². The Morgan fingerprint density at radius 2 is 1.97 bits per heavy atom. The molecule has 1 aliphatic rings. The van der Waals surface area contributed by atoms with E-state index in [9.17, 15) is 18.0 Å². The predicted octanol–water partition coefficient (Wildman–Crippen LogP) is 2.30. The van der Waals surface area contributed by atoms with Gasteiger partial charge in [-0.25, -0.2) is 13.2 Å². The van der Waals surface area contributed by atoms with Gasteiger partial charge in [-0.1, -0.05) is 25.1 Å². The normalized spacial score (nSPS) is 18.0. The van der Waals surface area contributed by atoms with E-state index in [1.165, 1.54) is 4.90 Å². The fraction of sp³-hybridized carbons (Fsp3) is 0.476. The van der Waals surface area contributed by atoms with Gasteiger partial charge in [-0.2, -0.15) is 0 Å². The Kier molecular flexibility index (Phi) is 6.21. The molecule has 1 aromatic heterocycles. The lowest BCUT2D eigenvalue weighted by Crippen LogP contribution is -2.43. The van der Waals surface area contributed by atoms with E-state index in [-0.39, 0.29) is 23.5 Å². The molecule has 29 heavy (non-hydrogen) atoms. The standard InChI is InChI=1S/C21H26N2O5S/c1-4-17-14(3)20(16-8-6-7-9-18(16)22-17)21(25)28-12-19(24)23(5-2)15-10-11-29(26,27)13-15/h6-9,15H,4-5,10-13H2,1-3H3/t15-/m0/s1. The maximum absolute atomic E-state index is 12.9. The highest BCUT2D eigenvalue weighted by molar-refractivity contribution is 7.91. The number of rotatable bonds is 6. The molecule has 0 aliphatic carbocycles. The van der Waals surface area contributed by atoms with Crippen LogP contribution < -0.4 is 0 Å². The number of amides is 1. The minimum Gasteiger partial charge on any atom is -0.452 e. The third-order valence-electron chi connectivity index (χ3n) is 5.41. The van der Waals surface area contributed by atoms with E-state index >= 15 is 0 Å². The number of aryl methyl sites for hydroxylation is 1. The van der Waals surface area contributed by atoms with Crippen LogP contribution in [0.5, 0.6) is 0 Å². The Bertz CT molecular complexity index is 1050. The number of aromatic nitrogens is 1. The zero-order chi connectivity index (χ0) is 21.2. The maximum Gasteiger partial charge on any atom is 0.339 e. The first-order chi connectivity index (χ1) is 13.8. The monoisotopic (exact) mass is 418 g/mol. The number of carbonyl (C=O) groups is 2. The van der Waals surface area contributed by atoms with Gasteiger partial charge in [-0.05, 0) is 38.3 Å². The first-order valence-electron chi connectivity index (χ1n) is 9.82. The summed E-state index contributed by atoms with van der Waals surface area (Å²) in [6.07, 6.45) is 1.10. The first-order valence-corrected chi connectivity index (χ1v) is 11.6. The molecule has 0 unspecified atom stereocenters. The fourth-order valence-electron chi connectivity index (χ4n) is 3.91. The molecule has 1 fully saturated rings. The van der Waals surface area contributed by atoms with Crippen LogP contribution in [0.2, 0.25) is 0 Å². The number of para-hydroxylation sites is 1. The molecule has 2 heterocycles. The van der Waals surface area contributed by atoms with Crippen LogP contribution in [0.4, 0.5) is 0 Å². The van der Waals surface area contributed by atoms with Gasteiger partial charge in [0.05, 0.1) is 22.6 Å². The molecule has 1 atom stereocenters. The second-order valence-electron chi connectivity index (χ2n) is 7.24. The molecule has 1 amide bonds. The third kappa shape index (κ3) is 4.42. The van der Waals surface area contributed by atoms with Crippen molar-refractivity contribution in [2.24, 2.45) is 0 Å². The number of carbonyl (C=O) groups excluding carboxylic acids is 2. The van der Waals surface area contributed by atoms with Gasteiger partial charge in [0.25, 0.3) is 5.91 Å². The highest BCUT2D eigenvalue weighted by atomic mass is 32.2. The highest BCUT2D eigenvalue weighted by Crippen LogP contribution is 2.24. The summed E-state index contributed by atoms with van der Waals surface area (Å²) in [5, 5.41) is 0.689. The van der Waals surface area contributed by atoms with Crippen molar-refractivity contribution in [2.45, 2.75) is 39.7 Å². The van der Waals surface area contributed by atoms with E-state index < -0.39 is 22.4 Å². The number of hydrogen-bond donors (Lipinski definition) is 0. The Morgan fingerprint density at radius 1 is 1.24 bits per heavy atom. The third-order valence-corrected chi connectivity index (χ3v) is 7.16. The summed E-state index contributed by atoms with van der Waals surface area (Å²) < 4.78 is 28.8. The lowest BCUT2D eigenvalue weighted by Gasteiger charge is -2.26. The molecule has 1 aliphatic heterocycles. The van der Waals surface area contributed by atoms with Gasteiger partial charge in [0, 0.05) is 23.7 Å². The summed E-state index contributed by atoms with van der Waals surface area (Å²) in [5.74, 6) is -0.897. The second-order valence-corrected chi connectivity index (χ2v) is 9.47. The average molecular weight is 419 g/mol. The largest absolute Gasteiger partial charge is 0.452 e. The topological polar surface area (TPSA) is 93.6 Å². The van der Waals surface area contributed by atoms with Crippen molar-refractivity contribution in [3.05, 3.63) is 41.1 Å². The number of esters is 1. The van der Waals surface area contributed by atoms with Crippen molar-refractivity contribution < 1.29 is 22.7 Å². The molecule has 2 aromatic rings. The SMILES string of the molecule is CCc1nc2ccccc2c(C(=O)OCC(=O)N(CC)[C@H]2CCS(=O)(=O)C2)c1C. The second kappa shape index (κ2) is 8.49. The lowest BCUT2D eigenvalue weighted by molar-refractivity contribution is -0.136. The number of ether oxygens (including phenoxy) is 1. The lowest BCUT2D eigenvalue weighted by atomic mass is 10.0. The van der Waals surface area contributed by atoms with E-state index in [0.29, 0.717) is 35.9 Å². The van der Waals surface area contributed by atoms with Crippen LogP contribution in [0.3, 0.4) is 0 Å².